The lowest BCUT2D eigenvalue weighted by Gasteiger charge is -2.18. The average molecular weight is 1020 g/mol. The maximum Gasteiger partial charge on any atom is 0.326 e. The predicted molar refractivity (Wildman–Crippen MR) is 255 cm³/mol. The van der Waals surface area contributed by atoms with E-state index in [1.165, 1.54) is 39.0 Å². The van der Waals surface area contributed by atoms with Crippen LogP contribution >= 0.6 is 0 Å². The van der Waals surface area contributed by atoms with Crippen molar-refractivity contribution >= 4 is 65.8 Å². The van der Waals surface area contributed by atoms with Gasteiger partial charge < -0.3 is 70.8 Å². The molecule has 0 aliphatic heterocycles. The lowest BCUT2D eigenvalue weighted by atomic mass is 10.0. The molecule has 0 aromatic carbocycles. The molecule has 23 nitrogen and oxygen atoms in total. The number of carboxylic acids is 3. The number of carboxylic acid groups (broad SMARTS) is 3. The molecule has 0 radical (unpaired) electrons. The van der Waals surface area contributed by atoms with Gasteiger partial charge in [0.15, 0.2) is 12.5 Å². The van der Waals surface area contributed by atoms with Crippen LogP contribution in [0.3, 0.4) is 0 Å². The van der Waals surface area contributed by atoms with Gasteiger partial charge in [0.25, 0.3) is 0 Å². The number of carbonyl (C=O) groups excluding carboxylic acids is 6. The SMILES string of the molecule is CC(=O)CC[C@H](NC(=O)COCCOCCNC(=O)COCCOCCNC(=O)CC[C@@H](CO)NC(=O)CC[C@H](NC(=O)CCCCCCCCCCCCCCCCC(=O)O)C(=O)O)C(=O)O.O=S. The third kappa shape index (κ3) is 45.7. The summed E-state index contributed by atoms with van der Waals surface area (Å²) in [4.78, 5) is 106. The van der Waals surface area contributed by atoms with Crippen LogP contribution in [0.25, 0.3) is 0 Å². The van der Waals surface area contributed by atoms with E-state index in [0.29, 0.717) is 6.42 Å². The van der Waals surface area contributed by atoms with Crippen molar-refractivity contribution in [3.63, 3.8) is 0 Å². The molecule has 70 heavy (non-hydrogen) atoms. The fourth-order valence-electron chi connectivity index (χ4n) is 6.57. The summed E-state index contributed by atoms with van der Waals surface area (Å²) in [6.45, 7) is 1.49. The molecule has 0 rings (SSSR count). The molecule has 9 N–H and O–H groups in total. The lowest BCUT2D eigenvalue weighted by Crippen LogP contribution is -2.43. The molecule has 0 aliphatic carbocycles. The largest absolute Gasteiger partial charge is 0.481 e. The first-order valence-electron chi connectivity index (χ1n) is 24.3. The highest BCUT2D eigenvalue weighted by molar-refractivity contribution is 7.44. The van der Waals surface area contributed by atoms with E-state index in [9.17, 15) is 53.4 Å². The Hall–Kier alpha value is -4.75. The number of hydrogen-bond acceptors (Lipinski definition) is 16. The zero-order valence-corrected chi connectivity index (χ0v) is 41.8. The van der Waals surface area contributed by atoms with Crippen LogP contribution in [0.2, 0.25) is 0 Å². The van der Waals surface area contributed by atoms with Gasteiger partial charge in [-0.25, -0.2) is 9.59 Å². The van der Waals surface area contributed by atoms with E-state index >= 15 is 0 Å². The van der Waals surface area contributed by atoms with E-state index in [2.05, 4.69) is 39.1 Å². The van der Waals surface area contributed by atoms with Crippen molar-refractivity contribution in [2.75, 3.05) is 72.6 Å². The van der Waals surface area contributed by atoms with E-state index < -0.39 is 54.5 Å². The van der Waals surface area contributed by atoms with Crippen LogP contribution in [0, 0.1) is 0 Å². The topological polar surface area (TPSA) is 349 Å². The Morgan fingerprint density at radius 3 is 1.27 bits per heavy atom. The number of aliphatic hydroxyl groups excluding tert-OH is 1. The van der Waals surface area contributed by atoms with Gasteiger partial charge in [-0.3, -0.25) is 28.8 Å². The molecular weight excluding hydrogens is 943 g/mol. The molecule has 0 bridgehead atoms. The lowest BCUT2D eigenvalue weighted by molar-refractivity contribution is -0.143. The molecule has 0 aromatic heterocycles. The Kier molecular flexibility index (Phi) is 46.1. The molecule has 5 amide bonds. The van der Waals surface area contributed by atoms with Crippen LogP contribution in [0.1, 0.15) is 148 Å². The van der Waals surface area contributed by atoms with Crippen molar-refractivity contribution in [1.29, 1.82) is 0 Å². The molecule has 0 saturated carbocycles. The first kappa shape index (κ1) is 67.3. The second kappa shape index (κ2) is 47.9. The molecule has 0 spiro atoms. The van der Waals surface area contributed by atoms with E-state index in [1.54, 1.807) is 0 Å². The zero-order chi connectivity index (χ0) is 52.6. The van der Waals surface area contributed by atoms with E-state index in [1.807, 2.05) is 0 Å². The van der Waals surface area contributed by atoms with E-state index in [0.717, 1.165) is 51.4 Å². The van der Waals surface area contributed by atoms with Gasteiger partial charge in [0, 0.05) is 45.2 Å². The molecule has 0 heterocycles. The Balaban J connectivity index is 0. The van der Waals surface area contributed by atoms with Crippen molar-refractivity contribution in [2.45, 2.75) is 166 Å². The summed E-state index contributed by atoms with van der Waals surface area (Å²) in [5.74, 6) is -5.66. The molecule has 0 aliphatic rings. The standard InChI is InChI=1S/C46H81N5O17.OS/c1-35(53)18-20-37(45(61)62)51-43(58)34-68-31-29-66-27-25-48-42(57)33-67-30-28-65-26-24-47-39(54)22-19-36(32-52)49-41(56)23-21-38(46(63)64)50-40(55)16-14-12-10-8-6-4-2-3-5-7-9-11-13-15-17-44(59)60;1-2/h36-38,52H,2-34H2,1H3,(H,47,54)(H,48,57)(H,49,56)(H,50,55)(H,51,58)(H,59,60)(H,61,62)(H,63,64);/t36-,37-,38-;/m0./s1. The summed E-state index contributed by atoms with van der Waals surface area (Å²) in [6, 6.07) is -3.15. The third-order valence-electron chi connectivity index (χ3n) is 10.4. The molecule has 404 valence electrons. The van der Waals surface area contributed by atoms with E-state index in [4.69, 9.17) is 33.4 Å². The summed E-state index contributed by atoms with van der Waals surface area (Å²) in [5.41, 5.74) is 0. The minimum absolute atomic E-state index is 0.00267. The molecule has 0 fully saturated rings. The van der Waals surface area contributed by atoms with Crippen LogP contribution in [-0.2, 0) is 74.6 Å². The van der Waals surface area contributed by atoms with Gasteiger partial charge >= 0.3 is 17.9 Å². The Bertz CT molecular complexity index is 1480. The summed E-state index contributed by atoms with van der Waals surface area (Å²) in [5, 5.41) is 49.8. The normalized spacial score (nSPS) is 12.0. The van der Waals surface area contributed by atoms with E-state index in [-0.39, 0.29) is 141 Å². The number of Topliss-reactive ketones (excluding diaryl/α,β-unsaturated/α-hetero) is 1. The van der Waals surface area contributed by atoms with Gasteiger partial charge in [-0.05, 0) is 39.0 Å². The number of nitrogens with one attached hydrogen (secondary N) is 5. The monoisotopic (exact) mass is 1020 g/mol. The van der Waals surface area contributed by atoms with Crippen molar-refractivity contribution in [3.8, 4) is 0 Å². The summed E-state index contributed by atoms with van der Waals surface area (Å²) in [7, 11) is 0. The minimum atomic E-state index is -1.25. The first-order valence-corrected chi connectivity index (χ1v) is 24.6. The molecule has 0 saturated heterocycles. The number of aliphatic hydroxyl groups is 1. The van der Waals surface area contributed by atoms with Crippen molar-refractivity contribution in [2.24, 2.45) is 0 Å². The fourth-order valence-corrected chi connectivity index (χ4v) is 6.57. The predicted octanol–water partition coefficient (Wildman–Crippen LogP) is 1.82. The zero-order valence-electron chi connectivity index (χ0n) is 41.0. The highest BCUT2D eigenvalue weighted by Gasteiger charge is 2.23. The quantitative estimate of drug-likeness (QED) is 0.0393. The molecule has 0 unspecified atom stereocenters. The number of amides is 5. The highest BCUT2D eigenvalue weighted by Crippen LogP contribution is 2.14. The summed E-state index contributed by atoms with van der Waals surface area (Å²) < 4.78 is 28.9. The molecule has 3 atom stereocenters. The Morgan fingerprint density at radius 1 is 0.429 bits per heavy atom. The van der Waals surface area contributed by atoms with Gasteiger partial charge in [0.1, 0.15) is 31.1 Å². The van der Waals surface area contributed by atoms with Gasteiger partial charge in [-0.1, -0.05) is 77.0 Å². The highest BCUT2D eigenvalue weighted by atomic mass is 32.1. The summed E-state index contributed by atoms with van der Waals surface area (Å²) in [6.07, 6.45) is 15.0. The van der Waals surface area contributed by atoms with Gasteiger partial charge in [-0.15, -0.1) is 0 Å². The first-order chi connectivity index (χ1) is 33.6. The maximum absolute atomic E-state index is 12.5. The van der Waals surface area contributed by atoms with Gasteiger partial charge in [0.2, 0.25) is 29.5 Å². The van der Waals surface area contributed by atoms with Crippen LogP contribution in [0.15, 0.2) is 0 Å². The van der Waals surface area contributed by atoms with Gasteiger partial charge in [-0.2, -0.15) is 4.21 Å². The smallest absolute Gasteiger partial charge is 0.326 e. The maximum atomic E-state index is 12.5. The number of aliphatic carboxylic acids is 3. The number of unbranched alkanes of at least 4 members (excludes halogenated alkanes) is 13. The fraction of sp³-hybridized carbons (Fsp3) is 0.804. The number of ether oxygens (including phenoxy) is 4. The number of rotatable bonds is 48. The van der Waals surface area contributed by atoms with Crippen LogP contribution in [-0.4, -0.2) is 169 Å². The van der Waals surface area contributed by atoms with Crippen LogP contribution in [0.4, 0.5) is 0 Å². The number of carbonyl (C=O) groups is 9. The number of hydrogen-bond donors (Lipinski definition) is 9. The Labute approximate surface area is 416 Å². The second-order valence-electron chi connectivity index (χ2n) is 16.6. The Morgan fingerprint density at radius 2 is 0.814 bits per heavy atom. The molecule has 24 heteroatoms. The van der Waals surface area contributed by atoms with Crippen molar-refractivity contribution in [1.82, 2.24) is 26.6 Å². The average Bonchev–Trinajstić information content (AvgIpc) is 3.32. The van der Waals surface area contributed by atoms with Crippen LogP contribution in [0.5, 0.6) is 0 Å². The summed E-state index contributed by atoms with van der Waals surface area (Å²) >= 11 is 2.83. The second-order valence-corrected chi connectivity index (χ2v) is 16.6. The van der Waals surface area contributed by atoms with Crippen molar-refractivity contribution in [3.05, 3.63) is 0 Å². The molecular formula is C46H81N5O18S. The number of ketones is 1. The minimum Gasteiger partial charge on any atom is -0.481 e. The third-order valence-corrected chi connectivity index (χ3v) is 10.4. The van der Waals surface area contributed by atoms with Crippen molar-refractivity contribution < 1.29 is 86.7 Å². The van der Waals surface area contributed by atoms with Gasteiger partial charge in [0.05, 0.1) is 52.3 Å². The molecule has 0 aromatic rings. The van der Waals surface area contributed by atoms with Crippen LogP contribution < -0.4 is 26.6 Å².